The van der Waals surface area contributed by atoms with Crippen molar-refractivity contribution in [2.45, 2.75) is 29.7 Å². The highest BCUT2D eigenvalue weighted by Crippen LogP contribution is 2.60. The molecule has 1 saturated heterocycles. The maximum Gasteiger partial charge on any atom is 0.343 e. The van der Waals surface area contributed by atoms with Crippen molar-refractivity contribution in [3.63, 3.8) is 0 Å². The maximum absolute atomic E-state index is 11.3. The van der Waals surface area contributed by atoms with Crippen LogP contribution >= 0.6 is 23.2 Å². The number of esters is 1. The molecule has 72 valence electrons. The quantitative estimate of drug-likeness (QED) is 0.462. The summed E-state index contributed by atoms with van der Waals surface area (Å²) in [5.41, 5.74) is 0. The monoisotopic (exact) mass is 220 g/mol. The molecule has 2 unspecified atom stereocenters. The molecule has 2 nitrogen and oxygen atoms in total. The summed E-state index contributed by atoms with van der Waals surface area (Å²) in [5.74, 6) is 0.666. The van der Waals surface area contributed by atoms with Crippen molar-refractivity contribution in [2.75, 3.05) is 0 Å². The van der Waals surface area contributed by atoms with E-state index in [2.05, 4.69) is 0 Å². The summed E-state index contributed by atoms with van der Waals surface area (Å²) in [7, 11) is 0. The van der Waals surface area contributed by atoms with Gasteiger partial charge in [0, 0.05) is 5.92 Å². The zero-order valence-electron chi connectivity index (χ0n) is 7.00. The topological polar surface area (TPSA) is 26.3 Å². The Hall–Kier alpha value is 0.0500. The summed E-state index contributed by atoms with van der Waals surface area (Å²) in [4.78, 5) is 11.3. The van der Waals surface area contributed by atoms with Gasteiger partial charge in [-0.3, -0.25) is 0 Å². The smallest absolute Gasteiger partial charge is 0.343 e. The first-order valence-corrected chi connectivity index (χ1v) is 5.45. The van der Waals surface area contributed by atoms with Crippen molar-refractivity contribution in [1.82, 2.24) is 0 Å². The standard InChI is InChI=1S/C9H10Cl2O2/c10-9(11)6-4-1-2-5(3-4)7(6)13-8(9)12/h4-7H,1-3H2/t4?,5?,6-,7+/m0/s1. The van der Waals surface area contributed by atoms with E-state index in [0.29, 0.717) is 11.8 Å². The van der Waals surface area contributed by atoms with E-state index in [4.69, 9.17) is 27.9 Å². The molecule has 3 aliphatic rings. The molecule has 1 heterocycles. The lowest BCUT2D eigenvalue weighted by molar-refractivity contribution is -0.143. The largest absolute Gasteiger partial charge is 0.459 e. The number of fused-ring (bicyclic) bond motifs is 5. The predicted octanol–water partition coefficient (Wildman–Crippen LogP) is 2.13. The Morgan fingerprint density at radius 1 is 1.31 bits per heavy atom. The van der Waals surface area contributed by atoms with Crippen molar-refractivity contribution in [3.8, 4) is 0 Å². The fourth-order valence-corrected chi connectivity index (χ4v) is 3.94. The molecule has 4 atom stereocenters. The van der Waals surface area contributed by atoms with Crippen LogP contribution in [0.5, 0.6) is 0 Å². The van der Waals surface area contributed by atoms with E-state index in [1.165, 1.54) is 6.42 Å². The van der Waals surface area contributed by atoms with Crippen LogP contribution in [-0.4, -0.2) is 16.4 Å². The van der Waals surface area contributed by atoms with Gasteiger partial charge in [0.25, 0.3) is 0 Å². The number of ether oxygens (including phenoxy) is 1. The van der Waals surface area contributed by atoms with E-state index in [1.54, 1.807) is 0 Å². The summed E-state index contributed by atoms with van der Waals surface area (Å²) in [6.45, 7) is 0. The molecule has 0 amide bonds. The number of hydrogen-bond acceptors (Lipinski definition) is 2. The first kappa shape index (κ1) is 8.37. The van der Waals surface area contributed by atoms with Gasteiger partial charge in [-0.05, 0) is 31.1 Å². The molecule has 13 heavy (non-hydrogen) atoms. The molecule has 2 bridgehead atoms. The summed E-state index contributed by atoms with van der Waals surface area (Å²) in [6.07, 6.45) is 3.48. The first-order valence-electron chi connectivity index (χ1n) is 4.69. The van der Waals surface area contributed by atoms with Gasteiger partial charge in [0.15, 0.2) is 0 Å². The van der Waals surface area contributed by atoms with E-state index >= 15 is 0 Å². The molecule has 0 N–H and O–H groups in total. The van der Waals surface area contributed by atoms with Crippen LogP contribution in [-0.2, 0) is 9.53 Å². The highest BCUT2D eigenvalue weighted by Gasteiger charge is 2.65. The second kappa shape index (κ2) is 2.34. The molecule has 3 rings (SSSR count). The Balaban J connectivity index is 2.00. The fraction of sp³-hybridized carbons (Fsp3) is 0.889. The molecule has 0 spiro atoms. The van der Waals surface area contributed by atoms with Gasteiger partial charge in [-0.1, -0.05) is 23.2 Å². The molecule has 4 heteroatoms. The summed E-state index contributed by atoms with van der Waals surface area (Å²) in [6, 6.07) is 0. The van der Waals surface area contributed by atoms with Gasteiger partial charge in [0.05, 0.1) is 0 Å². The third-order valence-corrected chi connectivity index (χ3v) is 4.59. The van der Waals surface area contributed by atoms with Crippen LogP contribution in [0.25, 0.3) is 0 Å². The van der Waals surface area contributed by atoms with Crippen LogP contribution in [0.2, 0.25) is 0 Å². The number of halogens is 2. The molecular weight excluding hydrogens is 211 g/mol. The van der Waals surface area contributed by atoms with E-state index in [0.717, 1.165) is 12.8 Å². The van der Waals surface area contributed by atoms with Crippen molar-refractivity contribution in [1.29, 1.82) is 0 Å². The SMILES string of the molecule is O=C1O[C@@H]2C3CCC(C3)[C@@H]2C1(Cl)Cl. The number of carbonyl (C=O) groups is 1. The van der Waals surface area contributed by atoms with Crippen LogP contribution in [0.1, 0.15) is 19.3 Å². The molecule has 2 aliphatic carbocycles. The highest BCUT2D eigenvalue weighted by molar-refractivity contribution is 6.58. The van der Waals surface area contributed by atoms with Crippen LogP contribution in [0.3, 0.4) is 0 Å². The number of rotatable bonds is 0. The molecule has 3 fully saturated rings. The Labute approximate surface area is 86.5 Å². The van der Waals surface area contributed by atoms with Crippen LogP contribution < -0.4 is 0 Å². The Kier molecular flexibility index (Phi) is 1.51. The van der Waals surface area contributed by atoms with Gasteiger partial charge < -0.3 is 4.74 Å². The Morgan fingerprint density at radius 2 is 2.00 bits per heavy atom. The maximum atomic E-state index is 11.3. The Morgan fingerprint density at radius 3 is 2.69 bits per heavy atom. The number of alkyl halides is 2. The molecule has 2 saturated carbocycles. The summed E-state index contributed by atoms with van der Waals surface area (Å²) >= 11 is 12.0. The zero-order valence-corrected chi connectivity index (χ0v) is 8.52. The third-order valence-electron chi connectivity index (χ3n) is 3.77. The first-order chi connectivity index (χ1) is 6.10. The minimum atomic E-state index is -1.26. The lowest BCUT2D eigenvalue weighted by Gasteiger charge is -2.25. The lowest BCUT2D eigenvalue weighted by Crippen LogP contribution is -2.34. The molecular formula is C9H10Cl2O2. The molecule has 0 aromatic carbocycles. The van der Waals surface area contributed by atoms with Gasteiger partial charge in [0.1, 0.15) is 6.10 Å². The Bertz CT molecular complexity index is 277. The van der Waals surface area contributed by atoms with E-state index in [-0.39, 0.29) is 12.0 Å². The lowest BCUT2D eigenvalue weighted by atomic mass is 9.85. The van der Waals surface area contributed by atoms with Crippen molar-refractivity contribution >= 4 is 29.2 Å². The van der Waals surface area contributed by atoms with Gasteiger partial charge >= 0.3 is 5.97 Å². The molecule has 0 aromatic heterocycles. The average molecular weight is 221 g/mol. The third kappa shape index (κ3) is 0.887. The van der Waals surface area contributed by atoms with Gasteiger partial charge in [-0.15, -0.1) is 0 Å². The number of hydrogen-bond donors (Lipinski definition) is 0. The van der Waals surface area contributed by atoms with E-state index in [1.807, 2.05) is 0 Å². The summed E-state index contributed by atoms with van der Waals surface area (Å²) < 4.78 is 3.97. The second-order valence-electron chi connectivity index (χ2n) is 4.35. The van der Waals surface area contributed by atoms with Crippen molar-refractivity contribution in [3.05, 3.63) is 0 Å². The summed E-state index contributed by atoms with van der Waals surface area (Å²) in [5, 5.41) is 0. The predicted molar refractivity (Wildman–Crippen MR) is 48.6 cm³/mol. The van der Waals surface area contributed by atoms with Crippen LogP contribution in [0.4, 0.5) is 0 Å². The van der Waals surface area contributed by atoms with Crippen molar-refractivity contribution in [2.24, 2.45) is 17.8 Å². The number of carbonyl (C=O) groups excluding carboxylic acids is 1. The van der Waals surface area contributed by atoms with Gasteiger partial charge in [-0.2, -0.15) is 0 Å². The average Bonchev–Trinajstić information content (AvgIpc) is 2.66. The van der Waals surface area contributed by atoms with E-state index in [9.17, 15) is 4.79 Å². The van der Waals surface area contributed by atoms with Gasteiger partial charge in [-0.25, -0.2) is 4.79 Å². The minimum absolute atomic E-state index is 0.0150. The second-order valence-corrected chi connectivity index (χ2v) is 5.74. The highest BCUT2D eigenvalue weighted by atomic mass is 35.5. The normalized spacial score (nSPS) is 50.8. The molecule has 0 radical (unpaired) electrons. The van der Waals surface area contributed by atoms with Crippen LogP contribution in [0, 0.1) is 17.8 Å². The van der Waals surface area contributed by atoms with Gasteiger partial charge in [0.2, 0.25) is 4.33 Å². The molecule has 0 aromatic rings. The minimum Gasteiger partial charge on any atom is -0.459 e. The van der Waals surface area contributed by atoms with Crippen molar-refractivity contribution < 1.29 is 9.53 Å². The van der Waals surface area contributed by atoms with E-state index < -0.39 is 10.3 Å². The fourth-order valence-electron chi connectivity index (χ4n) is 3.25. The molecule has 1 aliphatic heterocycles. The zero-order chi connectivity index (χ0) is 9.22. The van der Waals surface area contributed by atoms with Crippen LogP contribution in [0.15, 0.2) is 0 Å².